The molecule has 2 aromatic rings. The van der Waals surface area contributed by atoms with Crippen LogP contribution in [0.1, 0.15) is 5.56 Å². The van der Waals surface area contributed by atoms with Crippen LogP contribution in [-0.4, -0.2) is 28.4 Å². The summed E-state index contributed by atoms with van der Waals surface area (Å²) < 4.78 is 55.8. The average Bonchev–Trinajstić information content (AvgIpc) is 3.02. The average molecular weight is 353 g/mol. The molecule has 0 atom stereocenters. The van der Waals surface area contributed by atoms with E-state index in [1.165, 1.54) is 19.1 Å². The van der Waals surface area contributed by atoms with Gasteiger partial charge in [-0.15, -0.1) is 0 Å². The number of rotatable bonds is 6. The van der Waals surface area contributed by atoms with E-state index in [1.807, 2.05) is 0 Å². The van der Waals surface area contributed by atoms with E-state index in [0.29, 0.717) is 17.2 Å². The second kappa shape index (κ2) is 6.66. The molecular weight excluding hydrogens is 337 g/mol. The Balaban J connectivity index is 1.54. The van der Waals surface area contributed by atoms with Crippen molar-refractivity contribution >= 4 is 10.0 Å². The van der Waals surface area contributed by atoms with Gasteiger partial charge in [0, 0.05) is 12.6 Å². The number of halogens is 1. The molecule has 0 aromatic heterocycles. The highest BCUT2D eigenvalue weighted by Crippen LogP contribution is 2.34. The molecule has 0 amide bonds. The molecule has 8 heteroatoms. The zero-order chi connectivity index (χ0) is 17.2. The zero-order valence-electron chi connectivity index (χ0n) is 12.9. The minimum Gasteiger partial charge on any atom is -0.492 e. The molecule has 1 heterocycles. The first kappa shape index (κ1) is 16.5. The van der Waals surface area contributed by atoms with Gasteiger partial charge in [0.25, 0.3) is 0 Å². The largest absolute Gasteiger partial charge is 0.492 e. The SMILES string of the molecule is Cc1cc(S(=O)(=O)NCCOc2ccc3c(c2)OCO3)ccc1F. The lowest BCUT2D eigenvalue weighted by Crippen LogP contribution is -2.28. The lowest BCUT2D eigenvalue weighted by Gasteiger charge is -2.09. The van der Waals surface area contributed by atoms with Gasteiger partial charge >= 0.3 is 0 Å². The van der Waals surface area contributed by atoms with Gasteiger partial charge in [0.2, 0.25) is 16.8 Å². The minimum absolute atomic E-state index is 0.0180. The Kier molecular flexibility index (Phi) is 4.59. The summed E-state index contributed by atoms with van der Waals surface area (Å²) in [5.41, 5.74) is 0.273. The molecule has 1 N–H and O–H groups in total. The highest BCUT2D eigenvalue weighted by molar-refractivity contribution is 7.89. The Morgan fingerprint density at radius 1 is 1.17 bits per heavy atom. The van der Waals surface area contributed by atoms with Crippen LogP contribution in [0.4, 0.5) is 4.39 Å². The number of sulfonamides is 1. The van der Waals surface area contributed by atoms with Crippen molar-refractivity contribution in [2.24, 2.45) is 0 Å². The van der Waals surface area contributed by atoms with Crippen LogP contribution in [0.3, 0.4) is 0 Å². The Bertz CT molecular complexity index is 854. The van der Waals surface area contributed by atoms with Crippen LogP contribution in [0.5, 0.6) is 17.2 Å². The summed E-state index contributed by atoms with van der Waals surface area (Å²) >= 11 is 0. The third-order valence-corrected chi connectivity index (χ3v) is 4.91. The highest BCUT2D eigenvalue weighted by atomic mass is 32.2. The lowest BCUT2D eigenvalue weighted by atomic mass is 10.2. The van der Waals surface area contributed by atoms with E-state index in [2.05, 4.69) is 4.72 Å². The molecule has 0 bridgehead atoms. The van der Waals surface area contributed by atoms with E-state index >= 15 is 0 Å². The van der Waals surface area contributed by atoms with Gasteiger partial charge < -0.3 is 14.2 Å². The zero-order valence-corrected chi connectivity index (χ0v) is 13.7. The minimum atomic E-state index is -3.70. The maximum absolute atomic E-state index is 13.2. The first-order valence-corrected chi connectivity index (χ1v) is 8.72. The Labute approximate surface area is 139 Å². The molecule has 1 aliphatic heterocycles. The number of nitrogens with one attached hydrogen (secondary N) is 1. The summed E-state index contributed by atoms with van der Waals surface area (Å²) in [6, 6.07) is 8.77. The summed E-state index contributed by atoms with van der Waals surface area (Å²) in [7, 11) is -3.70. The maximum atomic E-state index is 13.2. The first-order valence-electron chi connectivity index (χ1n) is 7.24. The van der Waals surface area contributed by atoms with Crippen LogP contribution in [0, 0.1) is 12.7 Å². The maximum Gasteiger partial charge on any atom is 0.240 e. The van der Waals surface area contributed by atoms with Crippen LogP contribution in [0.25, 0.3) is 0 Å². The van der Waals surface area contributed by atoms with Gasteiger partial charge in [0.1, 0.15) is 18.2 Å². The van der Waals surface area contributed by atoms with E-state index in [9.17, 15) is 12.8 Å². The van der Waals surface area contributed by atoms with E-state index in [0.717, 1.165) is 6.07 Å². The third-order valence-electron chi connectivity index (χ3n) is 3.45. The Morgan fingerprint density at radius 3 is 2.75 bits per heavy atom. The molecule has 2 aromatic carbocycles. The number of hydrogen-bond donors (Lipinski definition) is 1. The Hall–Kier alpha value is -2.32. The summed E-state index contributed by atoms with van der Waals surface area (Å²) in [6.45, 7) is 1.90. The lowest BCUT2D eigenvalue weighted by molar-refractivity contribution is 0.173. The molecule has 128 valence electrons. The van der Waals surface area contributed by atoms with Crippen LogP contribution >= 0.6 is 0 Å². The second-order valence-corrected chi connectivity index (χ2v) is 6.94. The van der Waals surface area contributed by atoms with Crippen molar-refractivity contribution in [2.75, 3.05) is 19.9 Å². The first-order chi connectivity index (χ1) is 11.5. The fraction of sp³-hybridized carbons (Fsp3) is 0.250. The summed E-state index contributed by atoms with van der Waals surface area (Å²) in [5, 5.41) is 0. The number of hydrogen-bond acceptors (Lipinski definition) is 5. The number of benzene rings is 2. The van der Waals surface area contributed by atoms with Crippen molar-refractivity contribution in [3.05, 3.63) is 47.8 Å². The Morgan fingerprint density at radius 2 is 1.96 bits per heavy atom. The molecule has 3 rings (SSSR count). The van der Waals surface area contributed by atoms with Crippen LogP contribution in [0.2, 0.25) is 0 Å². The van der Waals surface area contributed by atoms with Crippen molar-refractivity contribution in [3.63, 3.8) is 0 Å². The molecule has 1 aliphatic rings. The molecule has 0 aliphatic carbocycles. The van der Waals surface area contributed by atoms with Crippen LogP contribution in [-0.2, 0) is 10.0 Å². The van der Waals surface area contributed by atoms with E-state index < -0.39 is 15.8 Å². The predicted molar refractivity (Wildman–Crippen MR) is 84.4 cm³/mol. The molecule has 0 saturated heterocycles. The third kappa shape index (κ3) is 3.60. The van der Waals surface area contributed by atoms with Crippen molar-refractivity contribution in [1.29, 1.82) is 0 Å². The monoisotopic (exact) mass is 353 g/mol. The fourth-order valence-corrected chi connectivity index (χ4v) is 3.28. The summed E-state index contributed by atoms with van der Waals surface area (Å²) in [6.07, 6.45) is 0. The normalized spacial score (nSPS) is 13.1. The van der Waals surface area contributed by atoms with Gasteiger partial charge in [-0.2, -0.15) is 0 Å². The van der Waals surface area contributed by atoms with Crippen molar-refractivity contribution in [2.45, 2.75) is 11.8 Å². The smallest absolute Gasteiger partial charge is 0.240 e. The molecule has 24 heavy (non-hydrogen) atoms. The topological polar surface area (TPSA) is 73.9 Å². The van der Waals surface area contributed by atoms with Crippen molar-refractivity contribution < 1.29 is 27.0 Å². The standard InChI is InChI=1S/C16H16FNO5S/c1-11-8-13(3-4-14(11)17)24(19,20)18-6-7-21-12-2-5-15-16(9-12)23-10-22-15/h2-5,8-9,18H,6-7,10H2,1H3. The molecule has 0 saturated carbocycles. The summed E-state index contributed by atoms with van der Waals surface area (Å²) in [4.78, 5) is 0.0180. The van der Waals surface area contributed by atoms with Gasteiger partial charge in [0.05, 0.1) is 4.90 Å². The van der Waals surface area contributed by atoms with E-state index in [-0.39, 0.29) is 30.4 Å². The van der Waals surface area contributed by atoms with Gasteiger partial charge in [0.15, 0.2) is 11.5 Å². The van der Waals surface area contributed by atoms with Crippen LogP contribution < -0.4 is 18.9 Å². The molecule has 0 fully saturated rings. The molecule has 0 radical (unpaired) electrons. The van der Waals surface area contributed by atoms with E-state index in [4.69, 9.17) is 14.2 Å². The molecule has 0 unspecified atom stereocenters. The molecular formula is C16H16FNO5S. The number of aryl methyl sites for hydroxylation is 1. The van der Waals surface area contributed by atoms with Crippen molar-refractivity contribution in [3.8, 4) is 17.2 Å². The van der Waals surface area contributed by atoms with Gasteiger partial charge in [-0.25, -0.2) is 17.5 Å². The fourth-order valence-electron chi connectivity index (χ4n) is 2.18. The number of ether oxygens (including phenoxy) is 3. The van der Waals surface area contributed by atoms with Crippen LogP contribution in [0.15, 0.2) is 41.3 Å². The molecule has 0 spiro atoms. The summed E-state index contributed by atoms with van der Waals surface area (Å²) in [5.74, 6) is 1.35. The predicted octanol–water partition coefficient (Wildman–Crippen LogP) is 2.22. The van der Waals surface area contributed by atoms with E-state index in [1.54, 1.807) is 18.2 Å². The van der Waals surface area contributed by atoms with Gasteiger partial charge in [-0.1, -0.05) is 0 Å². The van der Waals surface area contributed by atoms with Crippen molar-refractivity contribution in [1.82, 2.24) is 4.72 Å². The quantitative estimate of drug-likeness (QED) is 0.806. The van der Waals surface area contributed by atoms with Gasteiger partial charge in [-0.05, 0) is 42.8 Å². The highest BCUT2D eigenvalue weighted by Gasteiger charge is 2.16. The second-order valence-electron chi connectivity index (χ2n) is 5.17. The number of fused-ring (bicyclic) bond motifs is 1. The van der Waals surface area contributed by atoms with Gasteiger partial charge in [-0.3, -0.25) is 0 Å². The molecule has 6 nitrogen and oxygen atoms in total.